The minimum Gasteiger partial charge on any atom is -1.00 e. The van der Waals surface area contributed by atoms with E-state index < -0.39 is 0 Å². The number of para-hydroxylation sites is 1. The Hall–Kier alpha value is -0.778. The molecular formula is C19H20Cl2CrN. The van der Waals surface area contributed by atoms with Crippen molar-refractivity contribution in [3.05, 3.63) is 58.2 Å². The average Bonchev–Trinajstić information content (AvgIpc) is 2.73. The van der Waals surface area contributed by atoms with Crippen molar-refractivity contribution >= 4 is 16.5 Å². The van der Waals surface area contributed by atoms with Gasteiger partial charge in [0.25, 0.3) is 0 Å². The molecule has 1 aliphatic carbocycles. The number of hydrogen-bond donors (Lipinski definition) is 0. The topological polar surface area (TPSA) is 12.9 Å². The summed E-state index contributed by atoms with van der Waals surface area (Å²) in [5.41, 5.74) is 5.30. The van der Waals surface area contributed by atoms with E-state index in [1.54, 1.807) is 0 Å². The summed E-state index contributed by atoms with van der Waals surface area (Å²) in [5, 5.41) is 1.20. The molecule has 0 N–H and O–H groups in total. The summed E-state index contributed by atoms with van der Waals surface area (Å²) in [6, 6.07) is 10.6. The summed E-state index contributed by atoms with van der Waals surface area (Å²) in [7, 11) is 0. The van der Waals surface area contributed by atoms with Gasteiger partial charge in [0.15, 0.2) is 0 Å². The van der Waals surface area contributed by atoms with Crippen molar-refractivity contribution in [3.8, 4) is 0 Å². The third kappa shape index (κ3) is 3.67. The number of pyridine rings is 1. The smallest absolute Gasteiger partial charge is 1.00 e. The number of allylic oxidation sites excluding steroid dienone is 4. The fourth-order valence-corrected chi connectivity index (χ4v) is 4.09. The molecule has 1 aliphatic rings. The second-order valence-corrected chi connectivity index (χ2v) is 7.38. The van der Waals surface area contributed by atoms with Gasteiger partial charge in [-0.15, -0.1) is 0 Å². The molecule has 0 radical (unpaired) electrons. The number of hydrogen-bond acceptors (Lipinski definition) is 1. The van der Waals surface area contributed by atoms with E-state index in [4.69, 9.17) is 0 Å². The molecule has 1 heterocycles. The molecule has 1 aromatic carbocycles. The van der Waals surface area contributed by atoms with E-state index in [1.165, 1.54) is 26.5 Å². The Morgan fingerprint density at radius 1 is 1.04 bits per heavy atom. The monoisotopic (exact) mass is 384 g/mol. The number of rotatable bonds is 1. The minimum atomic E-state index is 0. The third-order valence-electron chi connectivity index (χ3n) is 4.09. The molecule has 1 nitrogen and oxygen atoms in total. The molecule has 1 atom stereocenters. The second kappa shape index (κ2) is 7.41. The van der Waals surface area contributed by atoms with E-state index in [1.807, 2.05) is 12.3 Å². The molecule has 4 heteroatoms. The molecule has 0 fully saturated rings. The Bertz CT molecular complexity index is 767. The summed E-state index contributed by atoms with van der Waals surface area (Å²) < 4.78 is 1.30. The predicted molar refractivity (Wildman–Crippen MR) is 85.4 cm³/mol. The normalized spacial score (nSPS) is 17.5. The molecule has 23 heavy (non-hydrogen) atoms. The molecular weight excluding hydrogens is 365 g/mol. The molecule has 1 aromatic heterocycles. The van der Waals surface area contributed by atoms with E-state index in [0.717, 1.165) is 5.52 Å². The van der Waals surface area contributed by atoms with Crippen LogP contribution in [-0.2, 0) is 16.3 Å². The van der Waals surface area contributed by atoms with Gasteiger partial charge < -0.3 is 24.8 Å². The van der Waals surface area contributed by atoms with Crippen LogP contribution in [0.25, 0.3) is 16.5 Å². The van der Waals surface area contributed by atoms with Crippen LogP contribution < -0.4 is 24.8 Å². The first-order valence-corrected chi connectivity index (χ1v) is 8.01. The summed E-state index contributed by atoms with van der Waals surface area (Å²) in [6.07, 6.45) is 4.27. The number of benzene rings is 1. The quantitative estimate of drug-likeness (QED) is 0.622. The Morgan fingerprint density at radius 3 is 2.30 bits per heavy atom. The Labute approximate surface area is 159 Å². The maximum absolute atomic E-state index is 4.61. The van der Waals surface area contributed by atoms with Crippen molar-refractivity contribution in [1.29, 1.82) is 0 Å². The number of aromatic nitrogens is 1. The molecule has 0 aliphatic heterocycles. The van der Waals surface area contributed by atoms with Crippen molar-refractivity contribution in [2.45, 2.75) is 27.7 Å². The van der Waals surface area contributed by atoms with Crippen LogP contribution in [0.1, 0.15) is 33.3 Å². The van der Waals surface area contributed by atoms with Crippen LogP contribution >= 0.6 is 0 Å². The predicted octanol–water partition coefficient (Wildman–Crippen LogP) is -0.877. The zero-order valence-electron chi connectivity index (χ0n) is 13.7. The number of halogens is 2. The first kappa shape index (κ1) is 20.3. The van der Waals surface area contributed by atoms with Gasteiger partial charge in [-0.1, -0.05) is 0 Å². The zero-order chi connectivity index (χ0) is 15.2. The van der Waals surface area contributed by atoms with Crippen LogP contribution in [0.15, 0.2) is 52.6 Å². The molecule has 0 amide bonds. The van der Waals surface area contributed by atoms with Gasteiger partial charge in [0, 0.05) is 0 Å². The van der Waals surface area contributed by atoms with Crippen LogP contribution in [0.4, 0.5) is 0 Å². The van der Waals surface area contributed by atoms with Gasteiger partial charge in [-0.3, -0.25) is 0 Å². The maximum atomic E-state index is 4.61. The van der Waals surface area contributed by atoms with Gasteiger partial charge in [-0.05, 0) is 0 Å². The standard InChI is InChI=1S/C19H20N.2ClH.Cr/c1-13-11-15(19(2,3)4)12-17(13)16-9-5-7-14-8-6-10-20-18(14)16;;;/h5-11,13H,1-4H3;2*1H;/q;;;+2/p-2. The van der Waals surface area contributed by atoms with Crippen LogP contribution in [0.3, 0.4) is 0 Å². The number of fused-ring (bicyclic) bond motifs is 1. The first-order chi connectivity index (χ1) is 9.89. The molecule has 0 spiro atoms. The molecule has 0 bridgehead atoms. The SMILES string of the molecule is CC1C=C(C(C)(C)C)[C]([Cr+2])=C1c1cccc2cccnc12.[Cl-].[Cl-]. The third-order valence-corrected chi connectivity index (χ3v) is 4.78. The van der Waals surface area contributed by atoms with Gasteiger partial charge in [-0.25, -0.2) is 0 Å². The molecule has 121 valence electrons. The molecule has 0 saturated heterocycles. The molecule has 2 aromatic rings. The number of nitrogens with zero attached hydrogens (tertiary/aromatic N) is 1. The van der Waals surface area contributed by atoms with Crippen LogP contribution in [0.5, 0.6) is 0 Å². The fraction of sp³-hybridized carbons (Fsp3) is 0.316. The van der Waals surface area contributed by atoms with E-state index >= 15 is 0 Å². The van der Waals surface area contributed by atoms with E-state index in [0.29, 0.717) is 5.92 Å². The van der Waals surface area contributed by atoms with E-state index in [2.05, 4.69) is 79.3 Å². The van der Waals surface area contributed by atoms with Crippen molar-refractivity contribution in [3.63, 3.8) is 0 Å². The summed E-state index contributed by atoms with van der Waals surface area (Å²) in [4.78, 5) is 4.61. The van der Waals surface area contributed by atoms with Crippen LogP contribution in [0, 0.1) is 11.3 Å². The minimum absolute atomic E-state index is 0. The Kier molecular flexibility index (Phi) is 6.53. The zero-order valence-corrected chi connectivity index (χ0v) is 16.5. The van der Waals surface area contributed by atoms with Crippen molar-refractivity contribution < 1.29 is 41.1 Å². The largest absolute Gasteiger partial charge is 1.00 e. The van der Waals surface area contributed by atoms with Gasteiger partial charge in [0.1, 0.15) is 0 Å². The molecule has 1 unspecified atom stereocenters. The summed E-state index contributed by atoms with van der Waals surface area (Å²) in [5.74, 6) is 0.420. The average molecular weight is 385 g/mol. The van der Waals surface area contributed by atoms with Gasteiger partial charge in [0.05, 0.1) is 0 Å². The summed E-state index contributed by atoms with van der Waals surface area (Å²) in [6.45, 7) is 9.08. The van der Waals surface area contributed by atoms with Gasteiger partial charge in [-0.2, -0.15) is 0 Å². The maximum Gasteiger partial charge on any atom is -1.00 e. The van der Waals surface area contributed by atoms with Crippen LogP contribution in [-0.4, -0.2) is 4.98 Å². The molecule has 3 rings (SSSR count). The second-order valence-electron chi connectivity index (χ2n) is 6.74. The van der Waals surface area contributed by atoms with Crippen molar-refractivity contribution in [2.75, 3.05) is 0 Å². The van der Waals surface area contributed by atoms with E-state index in [-0.39, 0.29) is 30.2 Å². The Morgan fingerprint density at radius 2 is 1.70 bits per heavy atom. The van der Waals surface area contributed by atoms with Gasteiger partial charge in [0.2, 0.25) is 0 Å². The van der Waals surface area contributed by atoms with Gasteiger partial charge >= 0.3 is 135 Å². The first-order valence-electron chi connectivity index (χ1n) is 7.37. The van der Waals surface area contributed by atoms with Crippen molar-refractivity contribution in [2.24, 2.45) is 11.3 Å². The van der Waals surface area contributed by atoms with E-state index in [9.17, 15) is 0 Å². The van der Waals surface area contributed by atoms with Crippen molar-refractivity contribution in [1.82, 2.24) is 4.98 Å². The summed E-state index contributed by atoms with van der Waals surface area (Å²) >= 11 is 3.32. The molecule has 0 saturated carbocycles. The Balaban J connectivity index is 0.00000132. The fourth-order valence-electron chi connectivity index (χ4n) is 3.04. The van der Waals surface area contributed by atoms with Crippen LogP contribution in [0.2, 0.25) is 0 Å².